The second kappa shape index (κ2) is 4.41. The molecule has 0 radical (unpaired) electrons. The van der Waals surface area contributed by atoms with Gasteiger partial charge in [0, 0.05) is 4.47 Å². The van der Waals surface area contributed by atoms with Crippen LogP contribution in [0.1, 0.15) is 11.6 Å². The summed E-state index contributed by atoms with van der Waals surface area (Å²) in [7, 11) is 0. The highest BCUT2D eigenvalue weighted by molar-refractivity contribution is 9.10. The van der Waals surface area contributed by atoms with Crippen molar-refractivity contribution < 1.29 is 4.74 Å². The molecule has 0 fully saturated rings. The highest BCUT2D eigenvalue weighted by Gasteiger charge is 2.19. The number of nitrogens with one attached hydrogen (secondary N) is 1. The van der Waals surface area contributed by atoms with Crippen molar-refractivity contribution in [3.05, 3.63) is 58.6 Å². The van der Waals surface area contributed by atoms with E-state index in [0.717, 1.165) is 15.9 Å². The number of rotatable bonds is 1. The molecule has 0 aliphatic carbocycles. The minimum Gasteiger partial charge on any atom is -0.489 e. The maximum atomic E-state index is 5.75. The van der Waals surface area contributed by atoms with Gasteiger partial charge in [0.2, 0.25) is 0 Å². The van der Waals surface area contributed by atoms with E-state index in [1.165, 1.54) is 5.56 Å². The fourth-order valence-electron chi connectivity index (χ4n) is 2.02. The summed E-state index contributed by atoms with van der Waals surface area (Å²) in [5.74, 6) is 0.929. The number of ether oxygens (including phenoxy) is 1. The Kier molecular flexibility index (Phi) is 2.77. The van der Waals surface area contributed by atoms with Crippen LogP contribution in [0.2, 0.25) is 0 Å². The van der Waals surface area contributed by atoms with Crippen LogP contribution in [0.4, 0.5) is 5.69 Å². The van der Waals surface area contributed by atoms with Gasteiger partial charge >= 0.3 is 0 Å². The number of benzene rings is 2. The lowest BCUT2D eigenvalue weighted by Crippen LogP contribution is -2.23. The maximum Gasteiger partial charge on any atom is 0.142 e. The number of para-hydroxylation sites is 2. The van der Waals surface area contributed by atoms with Gasteiger partial charge in [-0.3, -0.25) is 0 Å². The molecule has 2 aromatic carbocycles. The van der Waals surface area contributed by atoms with Crippen molar-refractivity contribution in [3.8, 4) is 5.75 Å². The molecule has 86 valence electrons. The topological polar surface area (TPSA) is 21.3 Å². The summed E-state index contributed by atoms with van der Waals surface area (Å²) in [5, 5.41) is 3.49. The molecule has 1 unspecified atom stereocenters. The van der Waals surface area contributed by atoms with Crippen LogP contribution in [-0.4, -0.2) is 6.61 Å². The number of halogens is 1. The smallest absolute Gasteiger partial charge is 0.142 e. The molecule has 17 heavy (non-hydrogen) atoms. The molecular formula is C14H12BrNO. The van der Waals surface area contributed by atoms with Gasteiger partial charge in [-0.25, -0.2) is 0 Å². The third kappa shape index (κ3) is 2.15. The normalized spacial score (nSPS) is 17.8. The molecule has 1 aliphatic rings. The molecule has 0 saturated carbocycles. The second-order valence-electron chi connectivity index (χ2n) is 4.06. The molecule has 0 saturated heterocycles. The zero-order chi connectivity index (χ0) is 11.7. The average Bonchev–Trinajstić information content (AvgIpc) is 2.38. The van der Waals surface area contributed by atoms with E-state index in [1.807, 2.05) is 36.4 Å². The first kappa shape index (κ1) is 10.7. The van der Waals surface area contributed by atoms with Gasteiger partial charge in [-0.05, 0) is 29.8 Å². The Morgan fingerprint density at radius 2 is 2.00 bits per heavy atom. The predicted molar refractivity (Wildman–Crippen MR) is 72.4 cm³/mol. The third-order valence-electron chi connectivity index (χ3n) is 2.87. The van der Waals surface area contributed by atoms with Crippen LogP contribution < -0.4 is 10.1 Å². The number of fused-ring (bicyclic) bond motifs is 1. The summed E-state index contributed by atoms with van der Waals surface area (Å²) in [6.45, 7) is 0.660. The SMILES string of the molecule is Brc1cccc(C2COc3ccccc3N2)c1. The van der Waals surface area contributed by atoms with Crippen LogP contribution in [0.25, 0.3) is 0 Å². The number of anilines is 1. The van der Waals surface area contributed by atoms with Gasteiger partial charge in [0.05, 0.1) is 11.7 Å². The zero-order valence-corrected chi connectivity index (χ0v) is 10.8. The van der Waals surface area contributed by atoms with E-state index < -0.39 is 0 Å². The number of hydrogen-bond donors (Lipinski definition) is 1. The standard InChI is InChI=1S/C14H12BrNO/c15-11-5-3-4-10(8-11)13-9-17-14-7-2-1-6-12(14)16-13/h1-8,13,16H,9H2. The first-order valence-corrected chi connectivity index (χ1v) is 6.36. The fourth-order valence-corrected chi connectivity index (χ4v) is 2.43. The van der Waals surface area contributed by atoms with Gasteiger partial charge in [0.1, 0.15) is 12.4 Å². The van der Waals surface area contributed by atoms with Gasteiger partial charge in [-0.15, -0.1) is 0 Å². The summed E-state index contributed by atoms with van der Waals surface area (Å²) in [6.07, 6.45) is 0. The Morgan fingerprint density at radius 1 is 1.12 bits per heavy atom. The van der Waals surface area contributed by atoms with Crippen LogP contribution in [0, 0.1) is 0 Å². The second-order valence-corrected chi connectivity index (χ2v) is 4.97. The minimum atomic E-state index is 0.211. The van der Waals surface area contributed by atoms with E-state index in [4.69, 9.17) is 4.74 Å². The molecule has 0 bridgehead atoms. The molecule has 1 atom stereocenters. The van der Waals surface area contributed by atoms with Gasteiger partial charge in [-0.1, -0.05) is 40.2 Å². The van der Waals surface area contributed by atoms with Crippen molar-refractivity contribution >= 4 is 21.6 Å². The molecule has 0 aromatic heterocycles. The lowest BCUT2D eigenvalue weighted by molar-refractivity contribution is 0.286. The minimum absolute atomic E-state index is 0.211. The molecule has 1 aliphatic heterocycles. The van der Waals surface area contributed by atoms with Gasteiger partial charge in [0.15, 0.2) is 0 Å². The van der Waals surface area contributed by atoms with Crippen molar-refractivity contribution in [2.75, 3.05) is 11.9 Å². The Balaban J connectivity index is 1.89. The fraction of sp³-hybridized carbons (Fsp3) is 0.143. The molecule has 3 rings (SSSR count). The Hall–Kier alpha value is -1.48. The van der Waals surface area contributed by atoms with Crippen LogP contribution in [0.15, 0.2) is 53.0 Å². The molecule has 0 amide bonds. The van der Waals surface area contributed by atoms with Crippen molar-refractivity contribution in [2.24, 2.45) is 0 Å². The largest absolute Gasteiger partial charge is 0.489 e. The van der Waals surface area contributed by atoms with E-state index in [2.05, 4.69) is 33.4 Å². The molecule has 2 aromatic rings. The van der Waals surface area contributed by atoms with Crippen molar-refractivity contribution in [2.45, 2.75) is 6.04 Å². The highest BCUT2D eigenvalue weighted by Crippen LogP contribution is 2.33. The van der Waals surface area contributed by atoms with E-state index >= 15 is 0 Å². The first-order valence-electron chi connectivity index (χ1n) is 5.57. The molecule has 1 N–H and O–H groups in total. The van der Waals surface area contributed by atoms with Gasteiger partial charge < -0.3 is 10.1 Å². The molecular weight excluding hydrogens is 278 g/mol. The molecule has 2 nitrogen and oxygen atoms in total. The van der Waals surface area contributed by atoms with E-state index in [-0.39, 0.29) is 6.04 Å². The van der Waals surface area contributed by atoms with Crippen LogP contribution in [0.5, 0.6) is 5.75 Å². The van der Waals surface area contributed by atoms with Crippen molar-refractivity contribution in [3.63, 3.8) is 0 Å². The lowest BCUT2D eigenvalue weighted by atomic mass is 10.1. The Bertz CT molecular complexity index is 541. The lowest BCUT2D eigenvalue weighted by Gasteiger charge is -2.27. The average molecular weight is 290 g/mol. The number of hydrogen-bond acceptors (Lipinski definition) is 2. The Labute approximate surface area is 109 Å². The maximum absolute atomic E-state index is 5.75. The summed E-state index contributed by atoms with van der Waals surface area (Å²) in [5.41, 5.74) is 2.29. The summed E-state index contributed by atoms with van der Waals surface area (Å²) < 4.78 is 6.85. The van der Waals surface area contributed by atoms with Crippen LogP contribution in [-0.2, 0) is 0 Å². The summed E-state index contributed by atoms with van der Waals surface area (Å²) in [6, 6.07) is 16.5. The van der Waals surface area contributed by atoms with E-state index in [9.17, 15) is 0 Å². The van der Waals surface area contributed by atoms with E-state index in [1.54, 1.807) is 0 Å². The van der Waals surface area contributed by atoms with Crippen LogP contribution in [0.3, 0.4) is 0 Å². The molecule has 3 heteroatoms. The first-order chi connectivity index (χ1) is 8.33. The van der Waals surface area contributed by atoms with Crippen LogP contribution >= 0.6 is 15.9 Å². The summed E-state index contributed by atoms with van der Waals surface area (Å²) in [4.78, 5) is 0. The van der Waals surface area contributed by atoms with Gasteiger partial charge in [-0.2, -0.15) is 0 Å². The molecule has 1 heterocycles. The van der Waals surface area contributed by atoms with Gasteiger partial charge in [0.25, 0.3) is 0 Å². The van der Waals surface area contributed by atoms with Crippen molar-refractivity contribution in [1.82, 2.24) is 0 Å². The molecule has 0 spiro atoms. The van der Waals surface area contributed by atoms with E-state index in [0.29, 0.717) is 6.61 Å². The Morgan fingerprint density at radius 3 is 2.88 bits per heavy atom. The summed E-state index contributed by atoms with van der Waals surface area (Å²) >= 11 is 3.49. The predicted octanol–water partition coefficient (Wildman–Crippen LogP) is 3.99. The highest BCUT2D eigenvalue weighted by atomic mass is 79.9. The monoisotopic (exact) mass is 289 g/mol. The zero-order valence-electron chi connectivity index (χ0n) is 9.19. The third-order valence-corrected chi connectivity index (χ3v) is 3.37. The van der Waals surface area contributed by atoms with Crippen molar-refractivity contribution in [1.29, 1.82) is 0 Å². The quantitative estimate of drug-likeness (QED) is 0.857.